The molecule has 0 aromatic heterocycles. The van der Waals surface area contributed by atoms with E-state index in [-0.39, 0.29) is 6.07 Å². The van der Waals surface area contributed by atoms with E-state index in [1.807, 2.05) is 0 Å². The molecule has 0 saturated carbocycles. The predicted molar refractivity (Wildman–Crippen MR) is 56.3 cm³/mol. The molecule has 4 nitrogen and oxygen atoms in total. The number of hydrogen-bond donors (Lipinski definition) is 2. The molecule has 0 aliphatic heterocycles. The van der Waals surface area contributed by atoms with Gasteiger partial charge in [-0.3, -0.25) is 4.79 Å². The van der Waals surface area contributed by atoms with E-state index in [0.29, 0.717) is 6.07 Å². The van der Waals surface area contributed by atoms with Crippen LogP contribution >= 0.6 is 0 Å². The molecule has 1 rings (SSSR count). The summed E-state index contributed by atoms with van der Waals surface area (Å²) in [5.41, 5.74) is -1.59. The Balaban J connectivity index is 2.92. The summed E-state index contributed by atoms with van der Waals surface area (Å²) < 4.78 is 61.5. The average molecular weight is 297 g/mol. The van der Waals surface area contributed by atoms with Crippen LogP contribution in [-0.4, -0.2) is 29.7 Å². The fourth-order valence-corrected chi connectivity index (χ4v) is 1.32. The number of carbonyl (C=O) groups excluding carboxylic acids is 1. The number of amides is 1. The van der Waals surface area contributed by atoms with Crippen LogP contribution in [0.1, 0.15) is 27.1 Å². The molecule has 0 bridgehead atoms. The van der Waals surface area contributed by atoms with Crippen LogP contribution in [0.4, 0.5) is 22.0 Å². The van der Waals surface area contributed by atoms with E-state index in [4.69, 9.17) is 5.11 Å². The van der Waals surface area contributed by atoms with Crippen LogP contribution in [0.5, 0.6) is 0 Å². The Morgan fingerprint density at radius 2 is 1.60 bits per heavy atom. The molecule has 0 aliphatic rings. The minimum absolute atomic E-state index is 0.288. The lowest BCUT2D eigenvalue weighted by atomic mass is 10.1. The normalized spacial score (nSPS) is 11.2. The maximum Gasteiger partial charge on any atom is 0.390 e. The van der Waals surface area contributed by atoms with Crippen molar-refractivity contribution in [3.05, 3.63) is 34.9 Å². The van der Waals surface area contributed by atoms with Crippen LogP contribution in [0.2, 0.25) is 0 Å². The second-order valence-corrected chi connectivity index (χ2v) is 3.74. The number of hydrogen-bond acceptors (Lipinski definition) is 2. The molecular formula is C11H8F5NO3. The van der Waals surface area contributed by atoms with Crippen LogP contribution in [0, 0.1) is 11.6 Å². The Morgan fingerprint density at radius 1 is 1.10 bits per heavy atom. The summed E-state index contributed by atoms with van der Waals surface area (Å²) in [6.07, 6.45) is -5.83. The van der Waals surface area contributed by atoms with Gasteiger partial charge in [-0.15, -0.1) is 0 Å². The third-order valence-corrected chi connectivity index (χ3v) is 2.23. The fourth-order valence-electron chi connectivity index (χ4n) is 1.32. The first-order valence-electron chi connectivity index (χ1n) is 5.19. The first-order valence-corrected chi connectivity index (χ1v) is 5.19. The number of carboxylic acid groups (broad SMARTS) is 1. The topological polar surface area (TPSA) is 66.4 Å². The minimum atomic E-state index is -4.50. The van der Waals surface area contributed by atoms with Gasteiger partial charge in [0.1, 0.15) is 0 Å². The maximum absolute atomic E-state index is 13.0. The summed E-state index contributed by atoms with van der Waals surface area (Å²) in [4.78, 5) is 22.3. The van der Waals surface area contributed by atoms with E-state index in [2.05, 4.69) is 0 Å². The number of carboxylic acids is 1. The summed E-state index contributed by atoms with van der Waals surface area (Å²) >= 11 is 0. The van der Waals surface area contributed by atoms with Crippen molar-refractivity contribution in [2.45, 2.75) is 12.6 Å². The van der Waals surface area contributed by atoms with Gasteiger partial charge in [-0.1, -0.05) is 0 Å². The number of rotatable bonds is 4. The fraction of sp³-hybridized carbons (Fsp3) is 0.273. The summed E-state index contributed by atoms with van der Waals surface area (Å²) in [5.74, 6) is -5.89. The highest BCUT2D eigenvalue weighted by molar-refractivity contribution is 6.04. The molecule has 0 radical (unpaired) electrons. The molecular weight excluding hydrogens is 289 g/mol. The van der Waals surface area contributed by atoms with E-state index in [0.717, 1.165) is 0 Å². The highest BCUT2D eigenvalue weighted by Gasteiger charge is 2.27. The van der Waals surface area contributed by atoms with Crippen LogP contribution in [0.3, 0.4) is 0 Å². The van der Waals surface area contributed by atoms with Gasteiger partial charge in [0.05, 0.1) is 17.5 Å². The molecule has 1 aromatic rings. The summed E-state index contributed by atoms with van der Waals surface area (Å²) in [5, 5.41) is 10.5. The third-order valence-electron chi connectivity index (χ3n) is 2.23. The first-order chi connectivity index (χ1) is 9.11. The van der Waals surface area contributed by atoms with Gasteiger partial charge in [-0.2, -0.15) is 13.2 Å². The number of nitrogens with one attached hydrogen (secondary N) is 1. The molecule has 0 unspecified atom stereocenters. The molecule has 0 saturated heterocycles. The zero-order chi connectivity index (χ0) is 15.5. The second-order valence-electron chi connectivity index (χ2n) is 3.74. The molecule has 2 N–H and O–H groups in total. The Kier molecular flexibility index (Phi) is 4.64. The standard InChI is InChI=1S/C11H8F5NO3/c12-7-3-5(6(10(19)20)4-8(7)13)9(18)17-2-1-11(14,15)16/h3-4H,1-2H2,(H,17,18)(H,19,20). The van der Waals surface area contributed by atoms with Gasteiger partial charge in [0.15, 0.2) is 11.6 Å². The number of alkyl halides is 3. The van der Waals surface area contributed by atoms with Gasteiger partial charge in [0.2, 0.25) is 0 Å². The third kappa shape index (κ3) is 4.18. The molecule has 9 heteroatoms. The lowest BCUT2D eigenvalue weighted by molar-refractivity contribution is -0.133. The van der Waals surface area contributed by atoms with Crippen molar-refractivity contribution in [2.75, 3.05) is 6.54 Å². The van der Waals surface area contributed by atoms with Crippen molar-refractivity contribution >= 4 is 11.9 Å². The summed E-state index contributed by atoms with van der Waals surface area (Å²) in [6.45, 7) is -0.805. The molecule has 1 aromatic carbocycles. The SMILES string of the molecule is O=C(O)c1cc(F)c(F)cc1C(=O)NCCC(F)(F)F. The van der Waals surface area contributed by atoms with Crippen molar-refractivity contribution in [3.63, 3.8) is 0 Å². The van der Waals surface area contributed by atoms with E-state index in [1.165, 1.54) is 0 Å². The Morgan fingerprint density at radius 3 is 2.05 bits per heavy atom. The Bertz CT molecular complexity index is 542. The van der Waals surface area contributed by atoms with Gasteiger partial charge >= 0.3 is 12.1 Å². The average Bonchev–Trinajstić information content (AvgIpc) is 2.29. The smallest absolute Gasteiger partial charge is 0.390 e. The van der Waals surface area contributed by atoms with Gasteiger partial charge in [0, 0.05) is 6.54 Å². The molecule has 0 aliphatic carbocycles. The lowest BCUT2D eigenvalue weighted by Crippen LogP contribution is -2.29. The van der Waals surface area contributed by atoms with Gasteiger partial charge in [-0.05, 0) is 12.1 Å². The zero-order valence-corrected chi connectivity index (χ0v) is 9.72. The lowest BCUT2D eigenvalue weighted by Gasteiger charge is -2.10. The first kappa shape index (κ1) is 15.9. The van der Waals surface area contributed by atoms with Crippen molar-refractivity contribution in [3.8, 4) is 0 Å². The Labute approximate surface area is 109 Å². The Hall–Kier alpha value is -2.19. The molecule has 0 fully saturated rings. The maximum atomic E-state index is 13.0. The number of benzene rings is 1. The molecule has 0 spiro atoms. The summed E-state index contributed by atoms with van der Waals surface area (Å²) in [6, 6.07) is 0.609. The molecule has 0 heterocycles. The van der Waals surface area contributed by atoms with Crippen LogP contribution in [0.15, 0.2) is 12.1 Å². The van der Waals surface area contributed by atoms with Crippen LogP contribution in [-0.2, 0) is 0 Å². The van der Waals surface area contributed by atoms with E-state index in [9.17, 15) is 31.5 Å². The van der Waals surface area contributed by atoms with Crippen molar-refractivity contribution < 1.29 is 36.6 Å². The highest BCUT2D eigenvalue weighted by Crippen LogP contribution is 2.19. The number of carbonyl (C=O) groups is 2. The van der Waals surface area contributed by atoms with Crippen molar-refractivity contribution in [1.29, 1.82) is 0 Å². The van der Waals surface area contributed by atoms with Gasteiger partial charge in [-0.25, -0.2) is 13.6 Å². The predicted octanol–water partition coefficient (Wildman–Crippen LogP) is 2.35. The van der Waals surface area contributed by atoms with Crippen molar-refractivity contribution in [2.24, 2.45) is 0 Å². The van der Waals surface area contributed by atoms with Crippen LogP contribution < -0.4 is 5.32 Å². The number of halogens is 5. The second kappa shape index (κ2) is 5.85. The van der Waals surface area contributed by atoms with Gasteiger partial charge in [0.25, 0.3) is 5.91 Å². The highest BCUT2D eigenvalue weighted by atomic mass is 19.4. The molecule has 1 amide bonds. The summed E-state index contributed by atoms with van der Waals surface area (Å²) in [7, 11) is 0. The monoisotopic (exact) mass is 297 g/mol. The molecule has 0 atom stereocenters. The quantitative estimate of drug-likeness (QED) is 0.838. The van der Waals surface area contributed by atoms with E-state index in [1.54, 1.807) is 5.32 Å². The van der Waals surface area contributed by atoms with Gasteiger partial charge < -0.3 is 10.4 Å². The van der Waals surface area contributed by atoms with Crippen LogP contribution in [0.25, 0.3) is 0 Å². The zero-order valence-electron chi connectivity index (χ0n) is 9.72. The number of aromatic carboxylic acids is 1. The van der Waals surface area contributed by atoms with E-state index >= 15 is 0 Å². The molecule has 110 valence electrons. The minimum Gasteiger partial charge on any atom is -0.478 e. The van der Waals surface area contributed by atoms with E-state index < -0.39 is 53.8 Å². The largest absolute Gasteiger partial charge is 0.478 e. The molecule has 20 heavy (non-hydrogen) atoms. The van der Waals surface area contributed by atoms with Crippen molar-refractivity contribution in [1.82, 2.24) is 5.32 Å².